The quantitative estimate of drug-likeness (QED) is 0.731. The van der Waals surface area contributed by atoms with Crippen LogP contribution in [0, 0.1) is 5.82 Å². The van der Waals surface area contributed by atoms with Gasteiger partial charge in [0, 0.05) is 12.8 Å². The fraction of sp³-hybridized carbons (Fsp3) is 0.263. The fourth-order valence-corrected chi connectivity index (χ4v) is 2.16. The second kappa shape index (κ2) is 8.22. The molecule has 120 valence electrons. The Bertz CT molecular complexity index is 660. The summed E-state index contributed by atoms with van der Waals surface area (Å²) in [6.45, 7) is 2.33. The minimum atomic E-state index is -0.351. The molecule has 0 aromatic heterocycles. The highest BCUT2D eigenvalue weighted by Gasteiger charge is 2.09. The Hall–Kier alpha value is -2.49. The Balaban J connectivity index is 1.91. The molecule has 2 aromatic rings. The van der Waals surface area contributed by atoms with Gasteiger partial charge in [0.15, 0.2) is 0 Å². The van der Waals surface area contributed by atoms with E-state index in [1.807, 2.05) is 6.92 Å². The standard InChI is InChI=1S/C19H19FO3/c1-2-11-23-19(22)16-7-3-14(4-8-16)12-18(21)13-15-5-9-17(20)10-6-15/h3-10H,2,11-13H2,1H3. The van der Waals surface area contributed by atoms with Crippen LogP contribution in [0.15, 0.2) is 48.5 Å². The smallest absolute Gasteiger partial charge is 0.338 e. The zero-order valence-corrected chi connectivity index (χ0v) is 13.0. The molecule has 0 aliphatic heterocycles. The average molecular weight is 314 g/mol. The van der Waals surface area contributed by atoms with Gasteiger partial charge in [0.05, 0.1) is 12.2 Å². The SMILES string of the molecule is CCCOC(=O)c1ccc(CC(=O)Cc2ccc(F)cc2)cc1. The molecule has 0 unspecified atom stereocenters. The fourth-order valence-electron chi connectivity index (χ4n) is 2.16. The van der Waals surface area contributed by atoms with Crippen LogP contribution < -0.4 is 0 Å². The van der Waals surface area contributed by atoms with E-state index in [0.29, 0.717) is 12.2 Å². The molecule has 0 bridgehead atoms. The molecule has 0 aliphatic rings. The third-order valence-corrected chi connectivity index (χ3v) is 3.34. The second-order valence-corrected chi connectivity index (χ2v) is 5.35. The number of Topliss-reactive ketones (excluding diaryl/α,β-unsaturated/α-hetero) is 1. The van der Waals surface area contributed by atoms with E-state index in [-0.39, 0.29) is 30.4 Å². The molecule has 0 saturated heterocycles. The highest BCUT2D eigenvalue weighted by Crippen LogP contribution is 2.10. The summed E-state index contributed by atoms with van der Waals surface area (Å²) in [7, 11) is 0. The van der Waals surface area contributed by atoms with Gasteiger partial charge in [-0.05, 0) is 41.8 Å². The van der Waals surface area contributed by atoms with E-state index in [1.165, 1.54) is 12.1 Å². The number of rotatable bonds is 7. The molecule has 0 spiro atoms. The Labute approximate surface area is 135 Å². The summed E-state index contributed by atoms with van der Waals surface area (Å²) in [5, 5.41) is 0. The first-order chi connectivity index (χ1) is 11.1. The number of carbonyl (C=O) groups is 2. The molecule has 0 atom stereocenters. The minimum Gasteiger partial charge on any atom is -0.462 e. The Morgan fingerprint density at radius 2 is 1.43 bits per heavy atom. The van der Waals surface area contributed by atoms with Crippen molar-refractivity contribution in [3.63, 3.8) is 0 Å². The number of hydrogen-bond acceptors (Lipinski definition) is 3. The van der Waals surface area contributed by atoms with Crippen LogP contribution in [0.4, 0.5) is 4.39 Å². The summed E-state index contributed by atoms with van der Waals surface area (Å²) >= 11 is 0. The van der Waals surface area contributed by atoms with Crippen molar-refractivity contribution in [2.24, 2.45) is 0 Å². The molecular weight excluding hydrogens is 295 g/mol. The van der Waals surface area contributed by atoms with Gasteiger partial charge in [0.2, 0.25) is 0 Å². The van der Waals surface area contributed by atoms with E-state index in [9.17, 15) is 14.0 Å². The van der Waals surface area contributed by atoms with Crippen molar-refractivity contribution >= 4 is 11.8 Å². The molecule has 0 saturated carbocycles. The van der Waals surface area contributed by atoms with Crippen molar-refractivity contribution in [1.82, 2.24) is 0 Å². The van der Waals surface area contributed by atoms with E-state index in [0.717, 1.165) is 17.5 Å². The van der Waals surface area contributed by atoms with E-state index < -0.39 is 0 Å². The van der Waals surface area contributed by atoms with Crippen LogP contribution in [0.3, 0.4) is 0 Å². The van der Waals surface area contributed by atoms with Gasteiger partial charge in [-0.1, -0.05) is 31.2 Å². The van der Waals surface area contributed by atoms with Gasteiger partial charge in [0.25, 0.3) is 0 Å². The zero-order chi connectivity index (χ0) is 16.7. The van der Waals surface area contributed by atoms with Crippen LogP contribution in [-0.2, 0) is 22.4 Å². The maximum atomic E-state index is 12.8. The van der Waals surface area contributed by atoms with Gasteiger partial charge in [-0.15, -0.1) is 0 Å². The molecular formula is C19H19FO3. The summed E-state index contributed by atoms with van der Waals surface area (Å²) in [4.78, 5) is 23.7. The third kappa shape index (κ3) is 5.33. The number of ketones is 1. The van der Waals surface area contributed by atoms with Crippen molar-refractivity contribution in [3.8, 4) is 0 Å². The summed E-state index contributed by atoms with van der Waals surface area (Å²) in [5.41, 5.74) is 2.11. The van der Waals surface area contributed by atoms with Crippen LogP contribution in [0.1, 0.15) is 34.8 Å². The predicted octanol–water partition coefficient (Wildman–Crippen LogP) is 3.75. The lowest BCUT2D eigenvalue weighted by atomic mass is 10.0. The van der Waals surface area contributed by atoms with Gasteiger partial charge < -0.3 is 4.74 Å². The van der Waals surface area contributed by atoms with E-state index in [2.05, 4.69) is 0 Å². The molecule has 4 heteroatoms. The Morgan fingerprint density at radius 3 is 1.96 bits per heavy atom. The third-order valence-electron chi connectivity index (χ3n) is 3.34. The van der Waals surface area contributed by atoms with Crippen LogP contribution in [0.2, 0.25) is 0 Å². The van der Waals surface area contributed by atoms with Gasteiger partial charge in [-0.2, -0.15) is 0 Å². The molecule has 0 fully saturated rings. The monoisotopic (exact) mass is 314 g/mol. The van der Waals surface area contributed by atoms with Crippen molar-refractivity contribution in [1.29, 1.82) is 0 Å². The van der Waals surface area contributed by atoms with Gasteiger partial charge in [-0.25, -0.2) is 9.18 Å². The average Bonchev–Trinajstić information content (AvgIpc) is 2.55. The minimum absolute atomic E-state index is 0.0397. The Morgan fingerprint density at radius 1 is 0.913 bits per heavy atom. The van der Waals surface area contributed by atoms with Crippen molar-refractivity contribution < 1.29 is 18.7 Å². The first-order valence-corrected chi connectivity index (χ1v) is 7.60. The summed E-state index contributed by atoms with van der Waals surface area (Å²) in [5.74, 6) is -0.624. The van der Waals surface area contributed by atoms with Crippen molar-refractivity contribution in [2.45, 2.75) is 26.2 Å². The van der Waals surface area contributed by atoms with Crippen molar-refractivity contribution in [3.05, 3.63) is 71.0 Å². The van der Waals surface area contributed by atoms with Crippen LogP contribution in [0.5, 0.6) is 0 Å². The van der Waals surface area contributed by atoms with E-state index in [1.54, 1.807) is 36.4 Å². The predicted molar refractivity (Wildman–Crippen MR) is 85.8 cm³/mol. The molecule has 0 N–H and O–H groups in total. The molecule has 0 aliphatic carbocycles. The lowest BCUT2D eigenvalue weighted by Crippen LogP contribution is -2.08. The number of benzene rings is 2. The van der Waals surface area contributed by atoms with Crippen LogP contribution >= 0.6 is 0 Å². The molecule has 0 radical (unpaired) electrons. The molecule has 23 heavy (non-hydrogen) atoms. The highest BCUT2D eigenvalue weighted by atomic mass is 19.1. The summed E-state index contributed by atoms with van der Waals surface area (Å²) in [6.07, 6.45) is 1.32. The van der Waals surface area contributed by atoms with E-state index in [4.69, 9.17) is 4.74 Å². The number of hydrogen-bond donors (Lipinski definition) is 0. The molecule has 0 amide bonds. The molecule has 2 rings (SSSR count). The van der Waals surface area contributed by atoms with Crippen molar-refractivity contribution in [2.75, 3.05) is 6.61 Å². The normalized spacial score (nSPS) is 10.3. The number of esters is 1. The van der Waals surface area contributed by atoms with Gasteiger partial charge >= 0.3 is 5.97 Å². The number of halogens is 1. The lowest BCUT2D eigenvalue weighted by molar-refractivity contribution is -0.117. The molecule has 2 aromatic carbocycles. The lowest BCUT2D eigenvalue weighted by Gasteiger charge is -2.05. The van der Waals surface area contributed by atoms with Crippen LogP contribution in [-0.4, -0.2) is 18.4 Å². The van der Waals surface area contributed by atoms with E-state index >= 15 is 0 Å². The van der Waals surface area contributed by atoms with Gasteiger partial charge in [0.1, 0.15) is 11.6 Å². The Kier molecular flexibility index (Phi) is 6.03. The molecule has 0 heterocycles. The largest absolute Gasteiger partial charge is 0.462 e. The topological polar surface area (TPSA) is 43.4 Å². The zero-order valence-electron chi connectivity index (χ0n) is 13.0. The number of carbonyl (C=O) groups excluding carboxylic acids is 2. The summed E-state index contributed by atoms with van der Waals surface area (Å²) in [6, 6.07) is 12.8. The summed E-state index contributed by atoms with van der Waals surface area (Å²) < 4.78 is 17.9. The first kappa shape index (κ1) is 16.9. The van der Waals surface area contributed by atoms with Crippen LogP contribution in [0.25, 0.3) is 0 Å². The first-order valence-electron chi connectivity index (χ1n) is 7.60. The van der Waals surface area contributed by atoms with Gasteiger partial charge in [-0.3, -0.25) is 4.79 Å². The number of ether oxygens (including phenoxy) is 1. The highest BCUT2D eigenvalue weighted by molar-refractivity contribution is 5.89. The maximum Gasteiger partial charge on any atom is 0.338 e. The maximum absolute atomic E-state index is 12.8. The second-order valence-electron chi connectivity index (χ2n) is 5.35. The molecule has 3 nitrogen and oxygen atoms in total.